The Morgan fingerprint density at radius 3 is 2.56 bits per heavy atom. The lowest BCUT2D eigenvalue weighted by molar-refractivity contribution is 0.368. The number of rotatable bonds is 4. The minimum Gasteiger partial charge on any atom is -0.339 e. The van der Waals surface area contributed by atoms with Gasteiger partial charge in [-0.3, -0.25) is 0 Å². The topological polar surface area (TPSA) is 64.9 Å². The van der Waals surface area contributed by atoms with Gasteiger partial charge in [0, 0.05) is 5.02 Å². The van der Waals surface area contributed by atoms with Gasteiger partial charge < -0.3 is 10.3 Å². The molecule has 0 saturated heterocycles. The van der Waals surface area contributed by atoms with Gasteiger partial charge in [-0.25, -0.2) is 0 Å². The summed E-state index contributed by atoms with van der Waals surface area (Å²) < 4.78 is 5.20. The van der Waals surface area contributed by atoms with Gasteiger partial charge >= 0.3 is 0 Å². The highest BCUT2D eigenvalue weighted by Crippen LogP contribution is 2.17. The molecule has 2 aromatic rings. The summed E-state index contributed by atoms with van der Waals surface area (Å²) in [6, 6.07) is 7.37. The molecule has 96 valence electrons. The molecule has 0 amide bonds. The first kappa shape index (κ1) is 13.1. The van der Waals surface area contributed by atoms with Crippen molar-refractivity contribution in [3.05, 3.63) is 46.6 Å². The number of hydrogen-bond donors (Lipinski definition) is 1. The first-order valence-electron chi connectivity index (χ1n) is 5.89. The zero-order valence-corrected chi connectivity index (χ0v) is 11.2. The zero-order chi connectivity index (χ0) is 13.1. The molecule has 1 heterocycles. The quantitative estimate of drug-likeness (QED) is 0.923. The fourth-order valence-electron chi connectivity index (χ4n) is 1.55. The van der Waals surface area contributed by atoms with Gasteiger partial charge in [-0.2, -0.15) is 4.98 Å². The van der Waals surface area contributed by atoms with E-state index in [0.29, 0.717) is 23.2 Å². The van der Waals surface area contributed by atoms with Crippen LogP contribution in [0, 0.1) is 5.92 Å². The first-order valence-corrected chi connectivity index (χ1v) is 6.26. The molecule has 0 saturated carbocycles. The molecule has 1 atom stereocenters. The molecule has 0 aliphatic heterocycles. The molecule has 1 aromatic carbocycles. The molecule has 0 aliphatic carbocycles. The molecule has 0 radical (unpaired) electrons. The maximum absolute atomic E-state index is 5.96. The van der Waals surface area contributed by atoms with Crippen LogP contribution >= 0.6 is 11.6 Å². The van der Waals surface area contributed by atoms with Crippen LogP contribution < -0.4 is 5.73 Å². The molecule has 0 spiro atoms. The van der Waals surface area contributed by atoms with Crippen LogP contribution in [-0.4, -0.2) is 10.1 Å². The number of hydrogen-bond acceptors (Lipinski definition) is 4. The Kier molecular flexibility index (Phi) is 3.99. The summed E-state index contributed by atoms with van der Waals surface area (Å²) in [5.41, 5.74) is 7.04. The average Bonchev–Trinajstić information content (AvgIpc) is 2.79. The van der Waals surface area contributed by atoms with E-state index in [1.165, 1.54) is 0 Å². The highest BCUT2D eigenvalue weighted by Gasteiger charge is 2.17. The van der Waals surface area contributed by atoms with Gasteiger partial charge in [-0.1, -0.05) is 42.7 Å². The van der Waals surface area contributed by atoms with Crippen LogP contribution in [0.5, 0.6) is 0 Å². The molecule has 0 fully saturated rings. The lowest BCUT2D eigenvalue weighted by Crippen LogP contribution is -2.18. The summed E-state index contributed by atoms with van der Waals surface area (Å²) in [6.45, 7) is 4.06. The van der Waals surface area contributed by atoms with E-state index in [4.69, 9.17) is 21.9 Å². The Morgan fingerprint density at radius 1 is 1.28 bits per heavy atom. The van der Waals surface area contributed by atoms with Crippen molar-refractivity contribution in [1.29, 1.82) is 0 Å². The van der Waals surface area contributed by atoms with Crippen LogP contribution in [0.3, 0.4) is 0 Å². The van der Waals surface area contributed by atoms with Gasteiger partial charge in [0.15, 0.2) is 5.82 Å². The Hall–Kier alpha value is -1.39. The Balaban J connectivity index is 2.09. The number of benzene rings is 1. The second-order valence-electron chi connectivity index (χ2n) is 4.62. The highest BCUT2D eigenvalue weighted by molar-refractivity contribution is 6.30. The van der Waals surface area contributed by atoms with E-state index in [9.17, 15) is 0 Å². The summed E-state index contributed by atoms with van der Waals surface area (Å²) in [5.74, 6) is 1.42. The fourth-order valence-corrected chi connectivity index (χ4v) is 1.68. The van der Waals surface area contributed by atoms with Gasteiger partial charge in [0.1, 0.15) is 0 Å². The molecule has 2 rings (SSSR count). The van der Waals surface area contributed by atoms with Crippen LogP contribution in [0.15, 0.2) is 28.8 Å². The van der Waals surface area contributed by atoms with Crippen molar-refractivity contribution in [3.63, 3.8) is 0 Å². The Morgan fingerprint density at radius 2 is 1.94 bits per heavy atom. The van der Waals surface area contributed by atoms with Crippen molar-refractivity contribution in [1.82, 2.24) is 10.1 Å². The Labute approximate surface area is 111 Å². The molecular formula is C13H16ClN3O. The van der Waals surface area contributed by atoms with Gasteiger partial charge in [0.2, 0.25) is 5.89 Å². The van der Waals surface area contributed by atoms with E-state index in [-0.39, 0.29) is 12.0 Å². The molecule has 1 aromatic heterocycles. The summed E-state index contributed by atoms with van der Waals surface area (Å²) in [7, 11) is 0. The molecule has 1 unspecified atom stereocenters. The molecular weight excluding hydrogens is 250 g/mol. The number of nitrogens with two attached hydrogens (primary N) is 1. The highest BCUT2D eigenvalue weighted by atomic mass is 35.5. The normalized spacial score (nSPS) is 12.9. The van der Waals surface area contributed by atoms with Gasteiger partial charge in [-0.15, -0.1) is 0 Å². The second-order valence-corrected chi connectivity index (χ2v) is 5.06. The summed E-state index contributed by atoms with van der Waals surface area (Å²) in [6.07, 6.45) is 0.592. The third-order valence-corrected chi connectivity index (χ3v) is 3.02. The predicted octanol–water partition coefficient (Wildman–Crippen LogP) is 2.97. The molecule has 4 nitrogen and oxygen atoms in total. The lowest BCUT2D eigenvalue weighted by Gasteiger charge is -2.09. The van der Waals surface area contributed by atoms with Crippen LogP contribution in [0.4, 0.5) is 0 Å². The minimum atomic E-state index is -0.187. The van der Waals surface area contributed by atoms with E-state index in [1.54, 1.807) is 0 Å². The number of aromatic nitrogens is 2. The van der Waals surface area contributed by atoms with E-state index in [0.717, 1.165) is 5.56 Å². The van der Waals surface area contributed by atoms with E-state index in [2.05, 4.69) is 10.1 Å². The largest absolute Gasteiger partial charge is 0.339 e. The van der Waals surface area contributed by atoms with Crippen LogP contribution in [-0.2, 0) is 6.42 Å². The first-order chi connectivity index (χ1) is 8.56. The molecule has 0 aliphatic rings. The maximum Gasteiger partial charge on any atom is 0.231 e. The SMILES string of the molecule is CC(C)C(N)c1noc(Cc2ccc(Cl)cc2)n1. The number of nitrogens with zero attached hydrogens (tertiary/aromatic N) is 2. The fraction of sp³-hybridized carbons (Fsp3) is 0.385. The third kappa shape index (κ3) is 3.09. The van der Waals surface area contributed by atoms with E-state index < -0.39 is 0 Å². The van der Waals surface area contributed by atoms with Crippen LogP contribution in [0.25, 0.3) is 0 Å². The smallest absolute Gasteiger partial charge is 0.231 e. The van der Waals surface area contributed by atoms with Gasteiger partial charge in [0.05, 0.1) is 12.5 Å². The summed E-state index contributed by atoms with van der Waals surface area (Å²) >= 11 is 5.83. The van der Waals surface area contributed by atoms with Crippen LogP contribution in [0.1, 0.15) is 37.2 Å². The van der Waals surface area contributed by atoms with E-state index >= 15 is 0 Å². The summed E-state index contributed by atoms with van der Waals surface area (Å²) in [4.78, 5) is 4.31. The van der Waals surface area contributed by atoms with Crippen molar-refractivity contribution in [2.24, 2.45) is 11.7 Å². The van der Waals surface area contributed by atoms with Crippen molar-refractivity contribution in [2.75, 3.05) is 0 Å². The number of halogens is 1. The van der Waals surface area contributed by atoms with Crippen molar-refractivity contribution in [3.8, 4) is 0 Å². The van der Waals surface area contributed by atoms with Crippen LogP contribution in [0.2, 0.25) is 5.02 Å². The molecule has 0 bridgehead atoms. The van der Waals surface area contributed by atoms with Crippen molar-refractivity contribution >= 4 is 11.6 Å². The summed E-state index contributed by atoms with van der Waals surface area (Å²) in [5, 5.41) is 4.63. The molecule has 5 heteroatoms. The van der Waals surface area contributed by atoms with Crippen molar-refractivity contribution < 1.29 is 4.52 Å². The maximum atomic E-state index is 5.96. The van der Waals surface area contributed by atoms with Gasteiger partial charge in [-0.05, 0) is 23.6 Å². The Bertz CT molecular complexity index is 507. The standard InChI is InChI=1S/C13H16ClN3O/c1-8(2)12(15)13-16-11(18-17-13)7-9-3-5-10(14)6-4-9/h3-6,8,12H,7,15H2,1-2H3. The monoisotopic (exact) mass is 265 g/mol. The average molecular weight is 266 g/mol. The second kappa shape index (κ2) is 5.50. The van der Waals surface area contributed by atoms with E-state index in [1.807, 2.05) is 38.1 Å². The lowest BCUT2D eigenvalue weighted by atomic mass is 10.1. The minimum absolute atomic E-state index is 0.187. The molecule has 18 heavy (non-hydrogen) atoms. The van der Waals surface area contributed by atoms with Gasteiger partial charge in [0.25, 0.3) is 0 Å². The molecule has 2 N–H and O–H groups in total. The zero-order valence-electron chi connectivity index (χ0n) is 10.4. The predicted molar refractivity (Wildman–Crippen MR) is 70.3 cm³/mol. The third-order valence-electron chi connectivity index (χ3n) is 2.77. The van der Waals surface area contributed by atoms with Crippen molar-refractivity contribution in [2.45, 2.75) is 26.3 Å².